The van der Waals surface area contributed by atoms with Crippen LogP contribution in [0.1, 0.15) is 6.92 Å². The highest BCUT2D eigenvalue weighted by atomic mass is 19.1. The zero-order valence-corrected chi connectivity index (χ0v) is 7.27. The van der Waals surface area contributed by atoms with Crippen molar-refractivity contribution in [1.29, 1.82) is 0 Å². The third-order valence-electron chi connectivity index (χ3n) is 1.12. The second-order valence-corrected chi connectivity index (χ2v) is 2.42. The van der Waals surface area contributed by atoms with Gasteiger partial charge in [0.05, 0.1) is 0 Å². The first-order valence-corrected chi connectivity index (χ1v) is 3.73. The van der Waals surface area contributed by atoms with E-state index in [9.17, 15) is 9.18 Å². The highest BCUT2D eigenvalue weighted by Crippen LogP contribution is 1.91. The topological polar surface area (TPSA) is 63.3 Å². The SMILES string of the molecule is CC(N)C(=O)O.Fc1ccccc1. The number of halogens is 1. The lowest BCUT2D eigenvalue weighted by Gasteiger charge is -1.90. The predicted octanol–water partition coefficient (Wildman–Crippen LogP) is 1.24. The monoisotopic (exact) mass is 185 g/mol. The van der Waals surface area contributed by atoms with E-state index in [4.69, 9.17) is 10.8 Å². The maximum absolute atomic E-state index is 11.9. The van der Waals surface area contributed by atoms with Crippen molar-refractivity contribution in [3.63, 3.8) is 0 Å². The Morgan fingerprint density at radius 2 is 1.85 bits per heavy atom. The van der Waals surface area contributed by atoms with Crippen LogP contribution in [0.4, 0.5) is 4.39 Å². The molecule has 3 nitrogen and oxygen atoms in total. The number of carbonyl (C=O) groups is 1. The van der Waals surface area contributed by atoms with Gasteiger partial charge in [-0.25, -0.2) is 4.39 Å². The maximum Gasteiger partial charge on any atom is 0.320 e. The molecule has 0 aliphatic carbocycles. The molecule has 1 aromatic carbocycles. The van der Waals surface area contributed by atoms with Gasteiger partial charge in [0.25, 0.3) is 0 Å². The lowest BCUT2D eigenvalue weighted by molar-refractivity contribution is -0.138. The molecule has 0 aliphatic heterocycles. The van der Waals surface area contributed by atoms with Crippen LogP contribution in [0.5, 0.6) is 0 Å². The van der Waals surface area contributed by atoms with Crippen LogP contribution >= 0.6 is 0 Å². The summed E-state index contributed by atoms with van der Waals surface area (Å²) in [4.78, 5) is 9.57. The Kier molecular flexibility index (Phi) is 5.47. The Bertz CT molecular complexity index is 249. The molecule has 0 bridgehead atoms. The summed E-state index contributed by atoms with van der Waals surface area (Å²) in [6.45, 7) is 1.42. The van der Waals surface area contributed by atoms with Gasteiger partial charge in [-0.3, -0.25) is 4.79 Å². The highest BCUT2D eigenvalue weighted by molar-refractivity contribution is 5.72. The fourth-order valence-corrected chi connectivity index (χ4v) is 0.415. The van der Waals surface area contributed by atoms with Gasteiger partial charge >= 0.3 is 5.97 Å². The van der Waals surface area contributed by atoms with Gasteiger partial charge in [0.1, 0.15) is 11.9 Å². The van der Waals surface area contributed by atoms with Gasteiger partial charge in [-0.2, -0.15) is 0 Å². The number of carboxylic acids is 1. The van der Waals surface area contributed by atoms with Crippen LogP contribution in [0.25, 0.3) is 0 Å². The Labute approximate surface area is 76.0 Å². The summed E-state index contributed by atoms with van der Waals surface area (Å²) in [6, 6.07) is 7.21. The molecular weight excluding hydrogens is 173 g/mol. The van der Waals surface area contributed by atoms with Crippen LogP contribution < -0.4 is 5.73 Å². The molecule has 1 atom stereocenters. The lowest BCUT2D eigenvalue weighted by Crippen LogP contribution is -2.25. The van der Waals surface area contributed by atoms with Crippen molar-refractivity contribution >= 4 is 5.97 Å². The number of nitrogens with two attached hydrogens (primary N) is 1. The molecule has 0 radical (unpaired) electrons. The van der Waals surface area contributed by atoms with Crippen LogP contribution in [0.2, 0.25) is 0 Å². The van der Waals surface area contributed by atoms with E-state index in [0.717, 1.165) is 0 Å². The fraction of sp³-hybridized carbons (Fsp3) is 0.222. The van der Waals surface area contributed by atoms with E-state index >= 15 is 0 Å². The molecule has 0 heterocycles. The van der Waals surface area contributed by atoms with Crippen LogP contribution in [0.3, 0.4) is 0 Å². The van der Waals surface area contributed by atoms with Crippen molar-refractivity contribution in [3.8, 4) is 0 Å². The summed E-state index contributed by atoms with van der Waals surface area (Å²) in [5.74, 6) is -1.14. The van der Waals surface area contributed by atoms with Crippen molar-refractivity contribution in [2.75, 3.05) is 0 Å². The molecule has 13 heavy (non-hydrogen) atoms. The summed E-state index contributed by atoms with van der Waals surface area (Å²) >= 11 is 0. The lowest BCUT2D eigenvalue weighted by atomic mass is 10.4. The van der Waals surface area contributed by atoms with Crippen molar-refractivity contribution < 1.29 is 14.3 Å². The number of rotatable bonds is 1. The van der Waals surface area contributed by atoms with E-state index in [2.05, 4.69) is 0 Å². The molecule has 0 amide bonds. The average molecular weight is 185 g/mol. The molecule has 0 saturated heterocycles. The highest BCUT2D eigenvalue weighted by Gasteiger charge is 1.99. The minimum Gasteiger partial charge on any atom is -0.480 e. The van der Waals surface area contributed by atoms with Gasteiger partial charge in [-0.1, -0.05) is 18.2 Å². The molecule has 0 aromatic heterocycles. The number of hydrogen-bond acceptors (Lipinski definition) is 2. The first-order valence-electron chi connectivity index (χ1n) is 3.73. The van der Waals surface area contributed by atoms with Gasteiger partial charge in [0, 0.05) is 0 Å². The molecule has 0 saturated carbocycles. The third-order valence-corrected chi connectivity index (χ3v) is 1.12. The smallest absolute Gasteiger partial charge is 0.320 e. The van der Waals surface area contributed by atoms with E-state index in [0.29, 0.717) is 0 Å². The van der Waals surface area contributed by atoms with Gasteiger partial charge in [0.2, 0.25) is 0 Å². The van der Waals surface area contributed by atoms with Gasteiger partial charge in [0.15, 0.2) is 0 Å². The molecule has 1 unspecified atom stereocenters. The largest absolute Gasteiger partial charge is 0.480 e. The minimum atomic E-state index is -0.963. The Hall–Kier alpha value is -1.42. The standard InChI is InChI=1S/C6H5F.C3H7NO2/c7-6-4-2-1-3-5-6;1-2(4)3(5)6/h1-5H;2H,4H2,1H3,(H,5,6). The Morgan fingerprint density at radius 1 is 1.46 bits per heavy atom. The number of aliphatic carboxylic acids is 1. The van der Waals surface area contributed by atoms with Gasteiger partial charge in [-0.15, -0.1) is 0 Å². The summed E-state index contributed by atoms with van der Waals surface area (Å²) < 4.78 is 11.9. The van der Waals surface area contributed by atoms with Crippen LogP contribution in [-0.2, 0) is 4.79 Å². The minimum absolute atomic E-state index is 0.178. The summed E-state index contributed by atoms with van der Waals surface area (Å²) in [7, 11) is 0. The molecule has 1 rings (SSSR count). The van der Waals surface area contributed by atoms with E-state index in [1.165, 1.54) is 19.1 Å². The molecule has 3 N–H and O–H groups in total. The van der Waals surface area contributed by atoms with Gasteiger partial charge < -0.3 is 10.8 Å². The quantitative estimate of drug-likeness (QED) is 0.692. The fourth-order valence-electron chi connectivity index (χ4n) is 0.415. The first-order chi connectivity index (χ1) is 6.04. The van der Waals surface area contributed by atoms with Crippen LogP contribution in [0.15, 0.2) is 30.3 Å². The van der Waals surface area contributed by atoms with E-state index in [1.807, 2.05) is 0 Å². The maximum atomic E-state index is 11.9. The van der Waals surface area contributed by atoms with Crippen LogP contribution in [0, 0.1) is 5.82 Å². The molecule has 0 aliphatic rings. The van der Waals surface area contributed by atoms with E-state index in [-0.39, 0.29) is 5.82 Å². The van der Waals surface area contributed by atoms with Crippen molar-refractivity contribution in [2.24, 2.45) is 5.73 Å². The van der Waals surface area contributed by atoms with Crippen molar-refractivity contribution in [3.05, 3.63) is 36.1 Å². The number of benzene rings is 1. The summed E-state index contributed by atoms with van der Waals surface area (Å²) in [6.07, 6.45) is 0. The molecule has 72 valence electrons. The zero-order chi connectivity index (χ0) is 10.3. The van der Waals surface area contributed by atoms with Crippen molar-refractivity contribution in [1.82, 2.24) is 0 Å². The Morgan fingerprint density at radius 3 is 2.00 bits per heavy atom. The average Bonchev–Trinajstić information content (AvgIpc) is 2.06. The first kappa shape index (κ1) is 11.6. The summed E-state index contributed by atoms with van der Waals surface area (Å²) in [5.41, 5.74) is 4.84. The molecule has 1 aromatic rings. The second kappa shape index (κ2) is 6.14. The normalized spacial score (nSPS) is 11.0. The Balaban J connectivity index is 0.000000226. The zero-order valence-electron chi connectivity index (χ0n) is 7.27. The van der Waals surface area contributed by atoms with Crippen molar-refractivity contribution in [2.45, 2.75) is 13.0 Å². The summed E-state index contributed by atoms with van der Waals surface area (Å²) in [5, 5.41) is 7.87. The molecule has 0 fully saturated rings. The molecule has 4 heteroatoms. The molecular formula is C9H12FNO2. The molecule has 0 spiro atoms. The van der Waals surface area contributed by atoms with Crippen LogP contribution in [-0.4, -0.2) is 17.1 Å². The number of hydrogen-bond donors (Lipinski definition) is 2. The third kappa shape index (κ3) is 6.96. The number of carboxylic acid groups (broad SMARTS) is 1. The van der Waals surface area contributed by atoms with E-state index < -0.39 is 12.0 Å². The van der Waals surface area contributed by atoms with Gasteiger partial charge in [-0.05, 0) is 19.1 Å². The van der Waals surface area contributed by atoms with E-state index in [1.54, 1.807) is 18.2 Å². The predicted molar refractivity (Wildman–Crippen MR) is 47.7 cm³/mol. The second-order valence-electron chi connectivity index (χ2n) is 2.42.